The largest absolute Gasteiger partial charge is 0.292 e. The van der Waals surface area contributed by atoms with Crippen LogP contribution in [0.2, 0.25) is 0 Å². The zero-order chi connectivity index (χ0) is 3.41. The van der Waals surface area contributed by atoms with Gasteiger partial charge in [0.05, 0.1) is 0 Å². The second-order valence-electron chi connectivity index (χ2n) is 0.288. The Morgan fingerprint density at radius 2 is 2.25 bits per heavy atom. The summed E-state index contributed by atoms with van der Waals surface area (Å²) < 4.78 is 0. The molecule has 0 aliphatic heterocycles. The highest BCUT2D eigenvalue weighted by atomic mass is 32.1. The normalized spacial score (nSPS) is 6.00. The molecule has 2 heteroatoms. The van der Waals surface area contributed by atoms with Crippen LogP contribution in [0.1, 0.15) is 0 Å². The molecule has 0 amide bonds. The molecule has 0 aromatic heterocycles. The van der Waals surface area contributed by atoms with Crippen LogP contribution < -0.4 is 0 Å². The van der Waals surface area contributed by atoms with Crippen LogP contribution in [-0.4, -0.2) is 11.5 Å². The topological polar surface area (TPSA) is 17.1 Å². The van der Waals surface area contributed by atoms with Crippen LogP contribution in [0.5, 0.6) is 0 Å². The Balaban J connectivity index is 2.73. The maximum absolute atomic E-state index is 9.10. The predicted molar refractivity (Wildman–Crippen MR) is 22.9 cm³/mol. The molecule has 0 fully saturated rings. The van der Waals surface area contributed by atoms with E-state index in [2.05, 4.69) is 5.87 Å². The fourth-order valence-electron chi connectivity index (χ4n) is 0. The van der Waals surface area contributed by atoms with Crippen LogP contribution in [0.25, 0.3) is 0 Å². The molecule has 0 unspecified atom stereocenters. The Morgan fingerprint density at radius 1 is 2.00 bits per heavy atom. The lowest BCUT2D eigenvalue weighted by Gasteiger charge is -1.41. The van der Waals surface area contributed by atoms with Crippen molar-refractivity contribution >= 4 is 22.8 Å². The third kappa shape index (κ3) is 1.89. The number of carbonyl (C=O) groups excluding carboxylic acids is 1. The Morgan fingerprint density at radius 3 is 2.25 bits per heavy atom. The smallest absolute Gasteiger partial charge is 0.167 e. The van der Waals surface area contributed by atoms with Crippen molar-refractivity contribution < 1.29 is 4.79 Å². The maximum atomic E-state index is 9.10. The van der Waals surface area contributed by atoms with Gasteiger partial charge >= 0.3 is 0 Å². The molecular weight excluding hydrogens is 72.1 g/mol. The highest BCUT2D eigenvalue weighted by molar-refractivity contribution is 8.09. The van der Waals surface area contributed by atoms with Crippen molar-refractivity contribution in [1.82, 2.24) is 0 Å². The van der Waals surface area contributed by atoms with Crippen molar-refractivity contribution in [1.29, 1.82) is 0 Å². The summed E-state index contributed by atoms with van der Waals surface area (Å²) in [7, 11) is 0. The molecule has 0 aliphatic rings. The van der Waals surface area contributed by atoms with Gasteiger partial charge in [-0.25, -0.2) is 0 Å². The quantitative estimate of drug-likeness (QED) is 0.266. The average molecular weight is 76.1 g/mol. The zero-order valence-corrected chi connectivity index (χ0v) is 3.03. The molecule has 24 valence electrons. The lowest BCUT2D eigenvalue weighted by atomic mass is 11.8. The number of hydrogen-bond donors (Lipinski definition) is 1. The van der Waals surface area contributed by atoms with E-state index in [0.717, 1.165) is 5.62 Å². The van der Waals surface area contributed by atoms with E-state index < -0.39 is 0 Å². The minimum atomic E-state index is 0.568. The van der Waals surface area contributed by atoms with Gasteiger partial charge < -0.3 is 0 Å². The molecular formula is C2H4OS. The Bertz CT molecular complexity index is 27.0. The second kappa shape index (κ2) is 2.89. The highest BCUT2D eigenvalue weighted by Crippen LogP contribution is 1.57. The van der Waals surface area contributed by atoms with Crippen molar-refractivity contribution in [3.63, 3.8) is 0 Å². The predicted octanol–water partition coefficient (Wildman–Crippen LogP) is 0.0741. The molecule has 0 bridgehead atoms. The van der Waals surface area contributed by atoms with E-state index in [9.17, 15) is 0 Å². The average Bonchev–Trinajstić information content (AvgIpc) is 1.37. The molecule has 1 nitrogen and oxygen atoms in total. The molecule has 0 radical (unpaired) electrons. The number of hydrogen-bond acceptors (Lipinski definition) is 1. The lowest BCUT2D eigenvalue weighted by molar-refractivity contribution is 0.570. The van der Waals surface area contributed by atoms with Gasteiger partial charge in [0.1, 0.15) is 0 Å². The summed E-state index contributed by atoms with van der Waals surface area (Å²) in [4.78, 5) is 9.10. The fourth-order valence-corrected chi connectivity index (χ4v) is 0. The molecule has 0 rings (SSSR count). The van der Waals surface area contributed by atoms with Crippen LogP contribution in [0, 0.1) is 0 Å². The Kier molecular flexibility index (Phi) is 2.81. The first-order valence-electron chi connectivity index (χ1n) is 0.810. The van der Waals surface area contributed by atoms with Gasteiger partial charge in [0.2, 0.25) is 0 Å². The fraction of sp³-hybridized carbons (Fsp3) is 0. The van der Waals surface area contributed by atoms with Gasteiger partial charge in [-0.05, 0) is 0 Å². The van der Waals surface area contributed by atoms with E-state index in [0.29, 0.717) is 11.4 Å². The number of carbonyl (C=O) groups is 1. The van der Waals surface area contributed by atoms with E-state index in [-0.39, 0.29) is 0 Å². The Hall–Kier alpha value is -0.110. The zero-order valence-electron chi connectivity index (χ0n) is 2.14. The molecule has 0 saturated heterocycles. The third-order valence-electron chi connectivity index (χ3n) is 0.0745. The van der Waals surface area contributed by atoms with Gasteiger partial charge in [-0.15, -0.1) is 11.4 Å². The number of rotatable bonds is 1. The molecule has 0 N–H and O–H groups in total. The van der Waals surface area contributed by atoms with Gasteiger partial charge in [-0.3, -0.25) is 4.79 Å². The van der Waals surface area contributed by atoms with E-state index in [1.807, 2.05) is 0 Å². The summed E-state index contributed by atoms with van der Waals surface area (Å²) in [5, 5.41) is 0. The molecule has 0 aromatic carbocycles. The first-order chi connectivity index (χ1) is 1.91. The summed E-state index contributed by atoms with van der Waals surface area (Å²) >= 11 is 0.568. The van der Waals surface area contributed by atoms with Crippen LogP contribution in [0.4, 0.5) is 0 Å². The number of thiol groups is 1. The van der Waals surface area contributed by atoms with Crippen LogP contribution in [-0.2, 0) is 4.79 Å². The molecule has 0 saturated carbocycles. The van der Waals surface area contributed by atoms with Crippen LogP contribution in [0.15, 0.2) is 0 Å². The minimum Gasteiger partial charge on any atom is -0.292 e. The van der Waals surface area contributed by atoms with Crippen molar-refractivity contribution in [3.8, 4) is 0 Å². The molecule has 0 spiro atoms. The van der Waals surface area contributed by atoms with Crippen LogP contribution in [0.3, 0.4) is 0 Å². The van der Waals surface area contributed by atoms with Gasteiger partial charge in [0, 0.05) is 0 Å². The van der Waals surface area contributed by atoms with Crippen LogP contribution >= 0.6 is 11.4 Å². The van der Waals surface area contributed by atoms with Gasteiger partial charge in [0.25, 0.3) is 0 Å². The van der Waals surface area contributed by atoms with Crippen molar-refractivity contribution in [3.05, 3.63) is 0 Å². The second-order valence-corrected chi connectivity index (χ2v) is 0.864. The molecule has 0 aliphatic carbocycles. The molecule has 0 heterocycles. The van der Waals surface area contributed by atoms with Gasteiger partial charge in [-0.1, -0.05) is 5.87 Å². The van der Waals surface area contributed by atoms with Crippen molar-refractivity contribution in [2.75, 3.05) is 0 Å². The van der Waals surface area contributed by atoms with Crippen molar-refractivity contribution in [2.45, 2.75) is 0 Å². The summed E-state index contributed by atoms with van der Waals surface area (Å²) in [5.74, 6) is 3.21. The highest BCUT2D eigenvalue weighted by Gasteiger charge is 1.35. The van der Waals surface area contributed by atoms with Crippen molar-refractivity contribution in [2.24, 2.45) is 0 Å². The SMILES string of the molecule is C=[SH]C=O. The minimum absolute atomic E-state index is 0.568. The van der Waals surface area contributed by atoms with E-state index >= 15 is 0 Å². The van der Waals surface area contributed by atoms with E-state index in [4.69, 9.17) is 4.79 Å². The summed E-state index contributed by atoms with van der Waals surface area (Å²) in [6.07, 6.45) is 0. The summed E-state index contributed by atoms with van der Waals surface area (Å²) in [6, 6.07) is 0. The first kappa shape index (κ1) is 3.89. The molecule has 0 atom stereocenters. The standard InChI is InChI=1S/C2H4OS/c1-4-2-3/h2,4H,1H2. The summed E-state index contributed by atoms with van der Waals surface area (Å²) in [6.45, 7) is 0. The lowest BCUT2D eigenvalue weighted by Crippen LogP contribution is -1.34. The maximum Gasteiger partial charge on any atom is 0.167 e. The van der Waals surface area contributed by atoms with E-state index in [1.165, 1.54) is 0 Å². The molecule has 4 heavy (non-hydrogen) atoms. The summed E-state index contributed by atoms with van der Waals surface area (Å²) in [5.41, 5.74) is 0.736. The van der Waals surface area contributed by atoms with Gasteiger partial charge in [0.15, 0.2) is 5.62 Å². The third-order valence-corrected chi connectivity index (χ3v) is 0.224. The molecule has 0 aromatic rings. The first-order valence-corrected chi connectivity index (χ1v) is 1.96. The van der Waals surface area contributed by atoms with Gasteiger partial charge in [-0.2, -0.15) is 0 Å². The van der Waals surface area contributed by atoms with E-state index in [1.54, 1.807) is 0 Å². The monoisotopic (exact) mass is 76.0 g/mol. The Labute approximate surface area is 28.6 Å².